The number of cyclic esters (lactones) is 1. The van der Waals surface area contributed by atoms with Crippen molar-refractivity contribution in [1.82, 2.24) is 10.3 Å². The molecule has 27 heavy (non-hydrogen) atoms. The average Bonchev–Trinajstić information content (AvgIpc) is 2.93. The summed E-state index contributed by atoms with van der Waals surface area (Å²) in [6.07, 6.45) is 2.77. The molecule has 1 aromatic carbocycles. The molecule has 1 aliphatic heterocycles. The van der Waals surface area contributed by atoms with Crippen molar-refractivity contribution in [3.05, 3.63) is 71.4 Å². The smallest absolute Gasteiger partial charge is 0.415 e. The average molecular weight is 363 g/mol. The number of pyridine rings is 1. The van der Waals surface area contributed by atoms with Crippen LogP contribution < -0.4 is 20.8 Å². The third kappa shape index (κ3) is 3.89. The molecular weight excluding hydrogens is 342 g/mol. The van der Waals surface area contributed by atoms with Gasteiger partial charge in [0.05, 0.1) is 17.6 Å². The van der Waals surface area contributed by atoms with Crippen LogP contribution in [0.5, 0.6) is 0 Å². The first-order valence-corrected chi connectivity index (χ1v) is 8.49. The van der Waals surface area contributed by atoms with Crippen molar-refractivity contribution in [1.29, 1.82) is 0 Å². The van der Waals surface area contributed by atoms with Crippen molar-refractivity contribution >= 4 is 30.0 Å². The molecule has 1 aliphatic rings. The Morgan fingerprint density at radius 1 is 1.30 bits per heavy atom. The zero-order valence-corrected chi connectivity index (χ0v) is 15.4. The van der Waals surface area contributed by atoms with Crippen molar-refractivity contribution < 1.29 is 14.3 Å². The summed E-state index contributed by atoms with van der Waals surface area (Å²) in [5.41, 5.74) is 1.08. The zero-order chi connectivity index (χ0) is 19.6. The molecule has 0 bridgehead atoms. The highest BCUT2D eigenvalue weighted by molar-refractivity contribution is 5.99. The lowest BCUT2D eigenvalue weighted by Gasteiger charge is -2.16. The summed E-state index contributed by atoms with van der Waals surface area (Å²) in [5.74, 6) is -0.300. The van der Waals surface area contributed by atoms with Crippen molar-refractivity contribution in [3.8, 4) is 0 Å². The Morgan fingerprint density at radius 2 is 2.00 bits per heavy atom. The summed E-state index contributed by atoms with van der Waals surface area (Å²) in [4.78, 5) is 30.3. The lowest BCUT2D eigenvalue weighted by molar-refractivity contribution is 0.0870. The lowest BCUT2D eigenvalue weighted by atomic mass is 10.1. The molecule has 6 heteroatoms. The Kier molecular flexibility index (Phi) is 4.81. The molecule has 138 valence electrons. The second kappa shape index (κ2) is 7.07. The molecule has 2 heterocycles. The van der Waals surface area contributed by atoms with Gasteiger partial charge in [-0.05, 0) is 55.5 Å². The molecule has 0 radical (unpaired) electrons. The van der Waals surface area contributed by atoms with Gasteiger partial charge in [-0.15, -0.1) is 0 Å². The van der Waals surface area contributed by atoms with Crippen LogP contribution in [0.1, 0.15) is 24.2 Å². The maximum atomic E-state index is 12.6. The van der Waals surface area contributed by atoms with Crippen molar-refractivity contribution in [2.24, 2.45) is 0 Å². The number of benzene rings is 1. The van der Waals surface area contributed by atoms with Gasteiger partial charge in [-0.2, -0.15) is 0 Å². The van der Waals surface area contributed by atoms with Crippen molar-refractivity contribution in [2.45, 2.75) is 19.4 Å². The first-order valence-electron chi connectivity index (χ1n) is 8.49. The summed E-state index contributed by atoms with van der Waals surface area (Å²) in [5, 5.41) is 4.06. The second-order valence-corrected chi connectivity index (χ2v) is 6.84. The molecule has 1 N–H and O–H groups in total. The predicted octanol–water partition coefficient (Wildman–Crippen LogP) is 1.95. The molecule has 1 fully saturated rings. The van der Waals surface area contributed by atoms with Crippen LogP contribution in [-0.4, -0.2) is 29.1 Å². The van der Waals surface area contributed by atoms with E-state index in [1.165, 1.54) is 6.08 Å². The van der Waals surface area contributed by atoms with Crippen LogP contribution in [0.2, 0.25) is 0 Å². The number of nitrogens with one attached hydrogen (secondary N) is 1. The Bertz CT molecular complexity index is 1010. The van der Waals surface area contributed by atoms with E-state index in [9.17, 15) is 9.59 Å². The van der Waals surface area contributed by atoms with Gasteiger partial charge in [0.15, 0.2) is 0 Å². The van der Waals surface area contributed by atoms with Gasteiger partial charge in [-0.3, -0.25) is 14.7 Å². The Hall–Kier alpha value is -3.41. The number of hydrogen-bond donors (Lipinski definition) is 1. The fraction of sp³-hybridized carbons (Fsp3) is 0.190. The van der Waals surface area contributed by atoms with Gasteiger partial charge < -0.3 is 10.1 Å². The number of carbonyl (C=O) groups excluding carboxylic acids is 2. The maximum absolute atomic E-state index is 12.6. The van der Waals surface area contributed by atoms with E-state index < -0.39 is 11.7 Å². The number of hydrogen-bond acceptors (Lipinski definition) is 4. The second-order valence-electron chi connectivity index (χ2n) is 6.84. The Labute approximate surface area is 157 Å². The van der Waals surface area contributed by atoms with Gasteiger partial charge in [0.25, 0.3) is 5.91 Å². The largest absolute Gasteiger partial charge is 0.441 e. The molecule has 2 amide bonds. The molecule has 0 atom stereocenters. The lowest BCUT2D eigenvalue weighted by Crippen LogP contribution is -2.35. The molecule has 6 nitrogen and oxygen atoms in total. The first kappa shape index (κ1) is 18.4. The van der Waals surface area contributed by atoms with E-state index >= 15 is 0 Å². The van der Waals surface area contributed by atoms with Gasteiger partial charge in [0.2, 0.25) is 0 Å². The summed E-state index contributed by atoms with van der Waals surface area (Å²) in [7, 11) is 0. The third-order valence-electron chi connectivity index (χ3n) is 4.16. The minimum atomic E-state index is -0.532. The van der Waals surface area contributed by atoms with Gasteiger partial charge in [-0.1, -0.05) is 19.2 Å². The molecular formula is C21H21N3O3. The summed E-state index contributed by atoms with van der Waals surface area (Å²) < 4.78 is 5.30. The van der Waals surface area contributed by atoms with Gasteiger partial charge in [0.1, 0.15) is 5.60 Å². The molecule has 0 spiro atoms. The molecule has 1 saturated heterocycles. The van der Waals surface area contributed by atoms with Crippen LogP contribution in [0.15, 0.2) is 55.3 Å². The van der Waals surface area contributed by atoms with E-state index in [4.69, 9.17) is 4.74 Å². The molecule has 0 saturated carbocycles. The van der Waals surface area contributed by atoms with Gasteiger partial charge in [0, 0.05) is 17.4 Å². The third-order valence-corrected chi connectivity index (χ3v) is 4.16. The number of carbonyl (C=O) groups is 2. The van der Waals surface area contributed by atoms with Gasteiger partial charge in [-0.25, -0.2) is 4.79 Å². The molecule has 0 unspecified atom stereocenters. The van der Waals surface area contributed by atoms with Crippen LogP contribution >= 0.6 is 0 Å². The van der Waals surface area contributed by atoms with Crippen molar-refractivity contribution in [2.75, 3.05) is 11.4 Å². The van der Waals surface area contributed by atoms with E-state index in [0.29, 0.717) is 34.1 Å². The molecule has 3 rings (SSSR count). The highest BCUT2D eigenvalue weighted by Crippen LogP contribution is 2.27. The SMILES string of the molecule is C=C/C(NC(=O)c1ccc(N2CC(C)(C)OC2=O)cc1)=c1/ncccc1=C. The molecule has 2 aromatic rings. The Balaban J connectivity index is 1.82. The van der Waals surface area contributed by atoms with Gasteiger partial charge >= 0.3 is 6.09 Å². The van der Waals surface area contributed by atoms with E-state index in [-0.39, 0.29) is 5.91 Å². The maximum Gasteiger partial charge on any atom is 0.415 e. The van der Waals surface area contributed by atoms with E-state index in [0.717, 1.165) is 0 Å². The molecule has 1 aromatic heterocycles. The normalized spacial score (nSPS) is 16.5. The molecule has 0 aliphatic carbocycles. The highest BCUT2D eigenvalue weighted by Gasteiger charge is 2.38. The quantitative estimate of drug-likeness (QED) is 0.901. The van der Waals surface area contributed by atoms with Crippen LogP contribution in [0.4, 0.5) is 10.5 Å². The fourth-order valence-corrected chi connectivity index (χ4v) is 2.84. The summed E-state index contributed by atoms with van der Waals surface area (Å²) in [6.45, 7) is 11.8. The predicted molar refractivity (Wildman–Crippen MR) is 104 cm³/mol. The topological polar surface area (TPSA) is 71.5 Å². The zero-order valence-electron chi connectivity index (χ0n) is 15.4. The minimum Gasteiger partial charge on any atom is -0.441 e. The number of nitrogens with zero attached hydrogens (tertiary/aromatic N) is 2. The van der Waals surface area contributed by atoms with Crippen LogP contribution in [-0.2, 0) is 4.74 Å². The van der Waals surface area contributed by atoms with Crippen LogP contribution in [0, 0.1) is 0 Å². The number of amides is 2. The Morgan fingerprint density at radius 3 is 2.56 bits per heavy atom. The van der Waals surface area contributed by atoms with Crippen LogP contribution in [0.3, 0.4) is 0 Å². The summed E-state index contributed by atoms with van der Waals surface area (Å²) in [6, 6.07) is 10.3. The number of aromatic nitrogens is 1. The standard InChI is InChI=1S/C21H21N3O3/c1-5-17(18-14(2)7-6-12-22-18)23-19(25)15-8-10-16(11-9-15)24-13-21(3,4)27-20(24)26/h5-12H,1-2,13H2,3-4H3,(H,23,25)/b18-17-. The van der Waals surface area contributed by atoms with Crippen LogP contribution in [0.25, 0.3) is 12.3 Å². The minimum absolute atomic E-state index is 0.300. The number of rotatable bonds is 4. The fourth-order valence-electron chi connectivity index (χ4n) is 2.84. The highest BCUT2D eigenvalue weighted by atomic mass is 16.6. The van der Waals surface area contributed by atoms with E-state index in [1.54, 1.807) is 41.4 Å². The summed E-state index contributed by atoms with van der Waals surface area (Å²) >= 11 is 0. The first-order chi connectivity index (χ1) is 12.8. The van der Waals surface area contributed by atoms with E-state index in [1.807, 2.05) is 19.9 Å². The monoisotopic (exact) mass is 363 g/mol. The number of anilines is 1. The number of ether oxygens (including phenoxy) is 1. The van der Waals surface area contributed by atoms with Crippen molar-refractivity contribution in [3.63, 3.8) is 0 Å². The van der Waals surface area contributed by atoms with E-state index in [2.05, 4.69) is 23.5 Å².